The van der Waals surface area contributed by atoms with Gasteiger partial charge in [0, 0.05) is 5.39 Å². The molecule has 1 aliphatic heterocycles. The molecule has 0 spiro atoms. The van der Waals surface area contributed by atoms with Gasteiger partial charge >= 0.3 is 0 Å². The van der Waals surface area contributed by atoms with Crippen molar-refractivity contribution in [3.05, 3.63) is 60.4 Å². The van der Waals surface area contributed by atoms with Gasteiger partial charge in [-0.25, -0.2) is 5.43 Å². The summed E-state index contributed by atoms with van der Waals surface area (Å²) in [5.74, 6) is 1.41. The van der Waals surface area contributed by atoms with Crippen LogP contribution in [0.15, 0.2) is 64.1 Å². The second-order valence-corrected chi connectivity index (χ2v) is 5.69. The van der Waals surface area contributed by atoms with Gasteiger partial charge in [-0.15, -0.1) is 0 Å². The predicted molar refractivity (Wildman–Crippen MR) is 92.9 cm³/mol. The number of hydrazone groups is 1. The molecule has 1 aliphatic rings. The number of carbonyl (C=O) groups is 1. The van der Waals surface area contributed by atoms with E-state index < -0.39 is 6.10 Å². The number of benzene rings is 2. The van der Waals surface area contributed by atoms with Gasteiger partial charge in [0.2, 0.25) is 6.10 Å². The van der Waals surface area contributed by atoms with Crippen LogP contribution in [0.4, 0.5) is 0 Å². The summed E-state index contributed by atoms with van der Waals surface area (Å²) in [6, 6.07) is 16.8. The molecular weight excluding hydrogens is 320 g/mol. The summed E-state index contributed by atoms with van der Waals surface area (Å²) in [6.45, 7) is 1.91. The number of furan rings is 1. The first-order valence-corrected chi connectivity index (χ1v) is 7.92. The summed E-state index contributed by atoms with van der Waals surface area (Å²) >= 11 is 0. The molecule has 1 amide bonds. The summed E-state index contributed by atoms with van der Waals surface area (Å²) in [6.07, 6.45) is -0.748. The predicted octanol–water partition coefficient (Wildman–Crippen LogP) is 3.11. The van der Waals surface area contributed by atoms with Crippen LogP contribution in [0.25, 0.3) is 11.0 Å². The smallest absolute Gasteiger partial charge is 0.284 e. The Morgan fingerprint density at radius 3 is 2.72 bits per heavy atom. The number of carbonyl (C=O) groups excluding carboxylic acids is 1. The molecule has 0 saturated carbocycles. The number of para-hydroxylation sites is 3. The molecule has 2 aromatic carbocycles. The molecule has 1 N–H and O–H groups in total. The molecule has 2 heterocycles. The molecular formula is C19H16N2O4. The molecule has 0 bridgehead atoms. The Labute approximate surface area is 144 Å². The molecule has 4 rings (SSSR count). The van der Waals surface area contributed by atoms with Crippen molar-refractivity contribution in [1.82, 2.24) is 5.43 Å². The lowest BCUT2D eigenvalue weighted by molar-refractivity contribution is -0.130. The van der Waals surface area contributed by atoms with Crippen LogP contribution in [0, 0.1) is 0 Å². The number of ether oxygens (including phenoxy) is 2. The van der Waals surface area contributed by atoms with Crippen LogP contribution in [-0.2, 0) is 4.79 Å². The minimum Gasteiger partial charge on any atom is -0.485 e. The average molecular weight is 336 g/mol. The Hall–Kier alpha value is -3.28. The monoisotopic (exact) mass is 336 g/mol. The molecule has 25 heavy (non-hydrogen) atoms. The fourth-order valence-corrected chi connectivity index (χ4v) is 2.57. The summed E-state index contributed by atoms with van der Waals surface area (Å²) in [7, 11) is 0. The maximum absolute atomic E-state index is 12.3. The zero-order valence-corrected chi connectivity index (χ0v) is 13.6. The molecule has 1 aromatic heterocycles. The van der Waals surface area contributed by atoms with Crippen molar-refractivity contribution >= 4 is 22.6 Å². The highest BCUT2D eigenvalue weighted by Gasteiger charge is 2.27. The molecule has 0 unspecified atom stereocenters. The Bertz CT molecular complexity index is 928. The molecule has 0 aliphatic carbocycles. The lowest BCUT2D eigenvalue weighted by Gasteiger charge is -2.24. The quantitative estimate of drug-likeness (QED) is 0.589. The van der Waals surface area contributed by atoms with Gasteiger partial charge in [-0.2, -0.15) is 5.10 Å². The molecule has 126 valence electrons. The number of nitrogens with zero attached hydrogens (tertiary/aromatic N) is 1. The SMILES string of the molecule is C/C(=N/NC(=O)[C@@H]1COc2ccccc2O1)c1cc2ccccc2o1. The van der Waals surface area contributed by atoms with Gasteiger partial charge in [-0.05, 0) is 31.2 Å². The minimum absolute atomic E-state index is 0.141. The van der Waals surface area contributed by atoms with Crippen molar-refractivity contribution < 1.29 is 18.7 Å². The van der Waals surface area contributed by atoms with Crippen LogP contribution in [-0.4, -0.2) is 24.3 Å². The van der Waals surface area contributed by atoms with Crippen LogP contribution in [0.2, 0.25) is 0 Å². The topological polar surface area (TPSA) is 73.1 Å². The van der Waals surface area contributed by atoms with Crippen molar-refractivity contribution in [1.29, 1.82) is 0 Å². The van der Waals surface area contributed by atoms with E-state index in [0.717, 1.165) is 11.0 Å². The molecule has 3 aromatic rings. The Morgan fingerprint density at radius 2 is 1.88 bits per heavy atom. The van der Waals surface area contributed by atoms with Gasteiger partial charge < -0.3 is 13.9 Å². The number of amides is 1. The molecule has 1 atom stereocenters. The van der Waals surface area contributed by atoms with E-state index in [-0.39, 0.29) is 12.5 Å². The summed E-state index contributed by atoms with van der Waals surface area (Å²) in [4.78, 5) is 12.3. The van der Waals surface area contributed by atoms with Crippen molar-refractivity contribution in [3.63, 3.8) is 0 Å². The second kappa shape index (κ2) is 6.32. The highest BCUT2D eigenvalue weighted by molar-refractivity contribution is 6.00. The molecule has 0 fully saturated rings. The number of fused-ring (bicyclic) bond motifs is 2. The zero-order valence-electron chi connectivity index (χ0n) is 13.6. The summed E-state index contributed by atoms with van der Waals surface area (Å²) < 4.78 is 16.9. The zero-order chi connectivity index (χ0) is 17.2. The van der Waals surface area contributed by atoms with Gasteiger partial charge in [0.15, 0.2) is 17.3 Å². The number of nitrogens with one attached hydrogen (secondary N) is 1. The first-order chi connectivity index (χ1) is 12.2. The lowest BCUT2D eigenvalue weighted by Crippen LogP contribution is -2.42. The minimum atomic E-state index is -0.748. The second-order valence-electron chi connectivity index (χ2n) is 5.69. The number of hydrogen-bond donors (Lipinski definition) is 1. The highest BCUT2D eigenvalue weighted by Crippen LogP contribution is 2.30. The van der Waals surface area contributed by atoms with Crippen LogP contribution in [0.5, 0.6) is 11.5 Å². The van der Waals surface area contributed by atoms with Crippen LogP contribution < -0.4 is 14.9 Å². The third kappa shape index (κ3) is 3.06. The van der Waals surface area contributed by atoms with E-state index in [9.17, 15) is 4.79 Å². The van der Waals surface area contributed by atoms with Crippen molar-refractivity contribution in [2.75, 3.05) is 6.61 Å². The van der Waals surface area contributed by atoms with Gasteiger partial charge in [0.25, 0.3) is 5.91 Å². The molecule has 0 radical (unpaired) electrons. The lowest BCUT2D eigenvalue weighted by atomic mass is 10.2. The largest absolute Gasteiger partial charge is 0.485 e. The average Bonchev–Trinajstić information content (AvgIpc) is 3.09. The van der Waals surface area contributed by atoms with Crippen LogP contribution in [0.3, 0.4) is 0 Å². The number of hydrogen-bond acceptors (Lipinski definition) is 5. The van der Waals surface area contributed by atoms with Gasteiger partial charge in [-0.1, -0.05) is 30.3 Å². The van der Waals surface area contributed by atoms with E-state index in [2.05, 4.69) is 10.5 Å². The van der Waals surface area contributed by atoms with Crippen molar-refractivity contribution in [2.24, 2.45) is 5.10 Å². The first-order valence-electron chi connectivity index (χ1n) is 7.92. The van der Waals surface area contributed by atoms with Crippen LogP contribution >= 0.6 is 0 Å². The first kappa shape index (κ1) is 15.3. The molecule has 6 heteroatoms. The fraction of sp³-hybridized carbons (Fsp3) is 0.158. The normalized spacial score (nSPS) is 16.7. The van der Waals surface area contributed by atoms with E-state index in [1.807, 2.05) is 42.5 Å². The third-order valence-electron chi connectivity index (χ3n) is 3.92. The Kier molecular flexibility index (Phi) is 3.85. The van der Waals surface area contributed by atoms with E-state index in [1.165, 1.54) is 0 Å². The van der Waals surface area contributed by atoms with E-state index >= 15 is 0 Å². The maximum Gasteiger partial charge on any atom is 0.284 e. The van der Waals surface area contributed by atoms with Gasteiger partial charge in [0.05, 0.1) is 0 Å². The molecule has 6 nitrogen and oxygen atoms in total. The van der Waals surface area contributed by atoms with E-state index in [4.69, 9.17) is 13.9 Å². The van der Waals surface area contributed by atoms with Gasteiger partial charge in [-0.3, -0.25) is 4.79 Å². The maximum atomic E-state index is 12.3. The number of rotatable bonds is 3. The Balaban J connectivity index is 1.45. The van der Waals surface area contributed by atoms with Crippen molar-refractivity contribution in [3.8, 4) is 11.5 Å². The standard InChI is InChI=1S/C19H16N2O4/c1-12(17-10-13-6-2-3-7-14(13)24-17)20-21-19(22)18-11-23-15-8-4-5-9-16(15)25-18/h2-10,18H,11H2,1H3,(H,21,22)/b20-12-/t18-/m0/s1. The van der Waals surface area contributed by atoms with Crippen LogP contribution in [0.1, 0.15) is 12.7 Å². The Morgan fingerprint density at radius 1 is 1.12 bits per heavy atom. The van der Waals surface area contributed by atoms with E-state index in [0.29, 0.717) is 23.0 Å². The summed E-state index contributed by atoms with van der Waals surface area (Å²) in [5, 5.41) is 5.09. The third-order valence-corrected chi connectivity index (χ3v) is 3.92. The molecule has 0 saturated heterocycles. The van der Waals surface area contributed by atoms with E-state index in [1.54, 1.807) is 19.1 Å². The van der Waals surface area contributed by atoms with Gasteiger partial charge in [0.1, 0.15) is 17.9 Å². The summed E-state index contributed by atoms with van der Waals surface area (Å²) in [5.41, 5.74) is 3.86. The highest BCUT2D eigenvalue weighted by atomic mass is 16.6. The van der Waals surface area contributed by atoms with Crippen molar-refractivity contribution in [2.45, 2.75) is 13.0 Å². The fourth-order valence-electron chi connectivity index (χ4n) is 2.57.